The lowest BCUT2D eigenvalue weighted by Gasteiger charge is -2.28. The fourth-order valence-electron chi connectivity index (χ4n) is 2.34. The van der Waals surface area contributed by atoms with Crippen molar-refractivity contribution in [1.82, 2.24) is 10.2 Å². The molecule has 0 spiro atoms. The van der Waals surface area contributed by atoms with Gasteiger partial charge in [-0.1, -0.05) is 40.0 Å². The summed E-state index contributed by atoms with van der Waals surface area (Å²) in [7, 11) is 0. The first kappa shape index (κ1) is 14.1. The summed E-state index contributed by atoms with van der Waals surface area (Å²) < 4.78 is 0. The highest BCUT2D eigenvalue weighted by atomic mass is 15.1. The van der Waals surface area contributed by atoms with Crippen molar-refractivity contribution in [2.24, 2.45) is 0 Å². The van der Waals surface area contributed by atoms with Crippen LogP contribution >= 0.6 is 0 Å². The van der Waals surface area contributed by atoms with Crippen molar-refractivity contribution in [3.05, 3.63) is 23.0 Å². The molecule has 1 aromatic rings. The molecule has 0 bridgehead atoms. The first-order valence-corrected chi connectivity index (χ1v) is 6.85. The second-order valence-corrected chi connectivity index (χ2v) is 5.41. The minimum absolute atomic E-state index is 0.205. The molecule has 17 heavy (non-hydrogen) atoms. The Morgan fingerprint density at radius 1 is 1.06 bits per heavy atom. The molecule has 1 heterocycles. The molecular weight excluding hydrogens is 208 g/mol. The molecule has 0 fully saturated rings. The highest BCUT2D eigenvalue weighted by Crippen LogP contribution is 2.33. The van der Waals surface area contributed by atoms with Gasteiger partial charge in [-0.15, -0.1) is 0 Å². The molecule has 0 radical (unpaired) electrons. The zero-order valence-corrected chi connectivity index (χ0v) is 12.0. The van der Waals surface area contributed by atoms with Gasteiger partial charge in [-0.3, -0.25) is 0 Å². The zero-order chi connectivity index (χ0) is 12.9. The van der Waals surface area contributed by atoms with Crippen LogP contribution in [0.3, 0.4) is 0 Å². The summed E-state index contributed by atoms with van der Waals surface area (Å²) >= 11 is 0. The smallest absolute Gasteiger partial charge is 0.0692 e. The monoisotopic (exact) mass is 234 g/mol. The first-order chi connectivity index (χ1) is 8.03. The minimum Gasteiger partial charge on any atom is -0.155 e. The average molecular weight is 234 g/mol. The topological polar surface area (TPSA) is 25.8 Å². The first-order valence-electron chi connectivity index (χ1n) is 6.85. The van der Waals surface area contributed by atoms with E-state index in [0.29, 0.717) is 0 Å². The maximum absolute atomic E-state index is 4.43. The van der Waals surface area contributed by atoms with Gasteiger partial charge in [0.2, 0.25) is 0 Å². The number of hydrogen-bond donors (Lipinski definition) is 0. The van der Waals surface area contributed by atoms with Crippen molar-refractivity contribution < 1.29 is 0 Å². The Labute approximate surface area is 106 Å². The van der Waals surface area contributed by atoms with Gasteiger partial charge in [0.05, 0.1) is 11.4 Å². The largest absolute Gasteiger partial charge is 0.155 e. The van der Waals surface area contributed by atoms with Crippen LogP contribution in [0, 0.1) is 13.8 Å². The molecule has 2 heteroatoms. The van der Waals surface area contributed by atoms with Crippen LogP contribution < -0.4 is 0 Å². The van der Waals surface area contributed by atoms with Crippen LogP contribution in [0.4, 0.5) is 0 Å². The van der Waals surface area contributed by atoms with Crippen molar-refractivity contribution >= 4 is 0 Å². The molecule has 1 rings (SSSR count). The van der Waals surface area contributed by atoms with Crippen LogP contribution in [0.15, 0.2) is 6.07 Å². The van der Waals surface area contributed by atoms with E-state index in [0.717, 1.165) is 5.69 Å². The van der Waals surface area contributed by atoms with E-state index in [9.17, 15) is 0 Å². The maximum Gasteiger partial charge on any atom is 0.0692 e. The molecule has 1 atom stereocenters. The molecule has 0 aromatic carbocycles. The van der Waals surface area contributed by atoms with Crippen molar-refractivity contribution in [2.75, 3.05) is 0 Å². The summed E-state index contributed by atoms with van der Waals surface area (Å²) in [6.07, 6.45) is 6.14. The van der Waals surface area contributed by atoms with Crippen LogP contribution in [0.5, 0.6) is 0 Å². The molecule has 1 unspecified atom stereocenters. The third kappa shape index (κ3) is 3.52. The number of hydrogen-bond acceptors (Lipinski definition) is 2. The van der Waals surface area contributed by atoms with Crippen molar-refractivity contribution in [3.63, 3.8) is 0 Å². The molecule has 96 valence electrons. The van der Waals surface area contributed by atoms with E-state index in [-0.39, 0.29) is 5.41 Å². The Morgan fingerprint density at radius 3 is 2.29 bits per heavy atom. The summed E-state index contributed by atoms with van der Waals surface area (Å²) in [5, 5.41) is 8.72. The lowest BCUT2D eigenvalue weighted by atomic mass is 9.77. The Morgan fingerprint density at radius 2 is 1.76 bits per heavy atom. The summed E-state index contributed by atoms with van der Waals surface area (Å²) in [6.45, 7) is 11.0. The number of unbranched alkanes of at least 4 members (excludes halogenated alkanes) is 1. The van der Waals surface area contributed by atoms with E-state index in [1.807, 2.05) is 6.92 Å². The number of nitrogens with zero attached hydrogens (tertiary/aromatic N) is 2. The van der Waals surface area contributed by atoms with Gasteiger partial charge in [0.15, 0.2) is 0 Å². The van der Waals surface area contributed by atoms with E-state index in [1.165, 1.54) is 43.4 Å². The highest BCUT2D eigenvalue weighted by molar-refractivity contribution is 5.23. The van der Waals surface area contributed by atoms with Gasteiger partial charge in [-0.05, 0) is 38.3 Å². The van der Waals surface area contributed by atoms with Crippen LogP contribution in [0.2, 0.25) is 0 Å². The zero-order valence-electron chi connectivity index (χ0n) is 12.0. The van der Waals surface area contributed by atoms with E-state index < -0.39 is 0 Å². The van der Waals surface area contributed by atoms with Gasteiger partial charge in [-0.2, -0.15) is 10.2 Å². The Hall–Kier alpha value is -0.920. The predicted octanol–water partition coefficient (Wildman–Crippen LogP) is 4.34. The van der Waals surface area contributed by atoms with E-state index in [4.69, 9.17) is 0 Å². The maximum atomic E-state index is 4.43. The Kier molecular flexibility index (Phi) is 5.10. The van der Waals surface area contributed by atoms with Crippen LogP contribution in [-0.2, 0) is 5.41 Å². The quantitative estimate of drug-likeness (QED) is 0.731. The molecule has 0 saturated heterocycles. The van der Waals surface area contributed by atoms with Gasteiger partial charge in [-0.25, -0.2) is 0 Å². The second kappa shape index (κ2) is 6.13. The molecule has 0 saturated carbocycles. The minimum atomic E-state index is 0.205. The summed E-state index contributed by atoms with van der Waals surface area (Å²) in [5.41, 5.74) is 3.68. The Bertz CT molecular complexity index is 360. The average Bonchev–Trinajstić information content (AvgIpc) is 2.30. The van der Waals surface area contributed by atoms with Crippen molar-refractivity contribution in [1.29, 1.82) is 0 Å². The number of rotatable bonds is 6. The lowest BCUT2D eigenvalue weighted by molar-refractivity contribution is 0.369. The standard InChI is InChI=1S/C15H26N2/c1-6-8-10-15(5,9-7-2)14-11-12(3)13(4)16-17-14/h11H,6-10H2,1-5H3. The Balaban J connectivity index is 2.99. The second-order valence-electron chi connectivity index (χ2n) is 5.41. The van der Waals surface area contributed by atoms with Crippen LogP contribution in [0.1, 0.15) is 69.8 Å². The predicted molar refractivity (Wildman–Crippen MR) is 73.3 cm³/mol. The van der Waals surface area contributed by atoms with E-state index in [2.05, 4.69) is 44.0 Å². The van der Waals surface area contributed by atoms with E-state index >= 15 is 0 Å². The molecule has 2 nitrogen and oxygen atoms in total. The molecule has 0 aliphatic rings. The lowest BCUT2D eigenvalue weighted by Crippen LogP contribution is -2.24. The highest BCUT2D eigenvalue weighted by Gasteiger charge is 2.27. The third-order valence-electron chi connectivity index (χ3n) is 3.73. The fourth-order valence-corrected chi connectivity index (χ4v) is 2.34. The summed E-state index contributed by atoms with van der Waals surface area (Å²) in [4.78, 5) is 0. The van der Waals surface area contributed by atoms with Gasteiger partial charge in [0.1, 0.15) is 0 Å². The molecule has 0 N–H and O–H groups in total. The molecule has 0 aliphatic carbocycles. The van der Waals surface area contributed by atoms with Gasteiger partial charge in [0, 0.05) is 5.41 Å². The molecule has 1 aromatic heterocycles. The summed E-state index contributed by atoms with van der Waals surface area (Å²) in [6, 6.07) is 2.23. The normalized spacial score (nSPS) is 14.6. The van der Waals surface area contributed by atoms with Gasteiger partial charge in [0.25, 0.3) is 0 Å². The van der Waals surface area contributed by atoms with Gasteiger partial charge >= 0.3 is 0 Å². The van der Waals surface area contributed by atoms with Crippen molar-refractivity contribution in [2.45, 2.75) is 72.1 Å². The van der Waals surface area contributed by atoms with E-state index in [1.54, 1.807) is 0 Å². The molecule has 0 amide bonds. The van der Waals surface area contributed by atoms with Crippen LogP contribution in [0.25, 0.3) is 0 Å². The number of aromatic nitrogens is 2. The fraction of sp³-hybridized carbons (Fsp3) is 0.733. The van der Waals surface area contributed by atoms with Crippen LogP contribution in [-0.4, -0.2) is 10.2 Å². The summed E-state index contributed by atoms with van der Waals surface area (Å²) in [5.74, 6) is 0. The molecule has 0 aliphatic heterocycles. The van der Waals surface area contributed by atoms with Crippen molar-refractivity contribution in [3.8, 4) is 0 Å². The SMILES string of the molecule is CCCCC(C)(CCC)c1cc(C)c(C)nn1. The number of aryl methyl sites for hydroxylation is 2. The van der Waals surface area contributed by atoms with Gasteiger partial charge < -0.3 is 0 Å². The third-order valence-corrected chi connectivity index (χ3v) is 3.73. The molecular formula is C15H26N2.